The number of rotatable bonds is 3. The van der Waals surface area contributed by atoms with Crippen molar-refractivity contribution in [3.05, 3.63) is 0 Å². The maximum Gasteiger partial charge on any atom is 0.0593 e. The van der Waals surface area contributed by atoms with Gasteiger partial charge in [0.05, 0.1) is 12.2 Å². The van der Waals surface area contributed by atoms with Crippen molar-refractivity contribution in [3.63, 3.8) is 0 Å². The minimum Gasteiger partial charge on any atom is -0.375 e. The van der Waals surface area contributed by atoms with Crippen LogP contribution in [0, 0.1) is 0 Å². The van der Waals surface area contributed by atoms with Crippen molar-refractivity contribution >= 4 is 0 Å². The van der Waals surface area contributed by atoms with E-state index in [0.29, 0.717) is 18.2 Å². The second-order valence-corrected chi connectivity index (χ2v) is 4.11. The number of nitrogens with one attached hydrogen (secondary N) is 1. The summed E-state index contributed by atoms with van der Waals surface area (Å²) in [5, 5.41) is 3.35. The lowest BCUT2D eigenvalue weighted by Crippen LogP contribution is -2.35. The zero-order valence-electron chi connectivity index (χ0n) is 7.88. The summed E-state index contributed by atoms with van der Waals surface area (Å²) in [5.74, 6) is 0. The van der Waals surface area contributed by atoms with Gasteiger partial charge in [-0.3, -0.25) is 0 Å². The van der Waals surface area contributed by atoms with E-state index < -0.39 is 0 Å². The molecule has 0 radical (unpaired) electrons. The SMILES string of the molecule is CN[C@H]1CCC[C@H](OC2CC2)C1. The van der Waals surface area contributed by atoms with Crippen LogP contribution in [0.5, 0.6) is 0 Å². The molecular weight excluding hydrogens is 150 g/mol. The van der Waals surface area contributed by atoms with Gasteiger partial charge in [0.15, 0.2) is 0 Å². The Morgan fingerprint density at radius 1 is 1.08 bits per heavy atom. The van der Waals surface area contributed by atoms with Gasteiger partial charge >= 0.3 is 0 Å². The molecule has 0 aliphatic heterocycles. The number of ether oxygens (including phenoxy) is 1. The average Bonchev–Trinajstić information content (AvgIpc) is 2.89. The quantitative estimate of drug-likeness (QED) is 0.694. The van der Waals surface area contributed by atoms with Gasteiger partial charge < -0.3 is 10.1 Å². The largest absolute Gasteiger partial charge is 0.375 e. The maximum atomic E-state index is 5.89. The van der Waals surface area contributed by atoms with Crippen molar-refractivity contribution in [3.8, 4) is 0 Å². The molecule has 2 aliphatic rings. The maximum absolute atomic E-state index is 5.89. The van der Waals surface area contributed by atoms with Crippen molar-refractivity contribution in [2.24, 2.45) is 0 Å². The van der Waals surface area contributed by atoms with E-state index in [-0.39, 0.29) is 0 Å². The highest BCUT2D eigenvalue weighted by molar-refractivity contribution is 4.81. The molecule has 12 heavy (non-hydrogen) atoms. The third kappa shape index (κ3) is 2.20. The molecule has 0 saturated heterocycles. The fourth-order valence-electron chi connectivity index (χ4n) is 2.01. The molecule has 2 saturated carbocycles. The van der Waals surface area contributed by atoms with Gasteiger partial charge in [0, 0.05) is 6.04 Å². The van der Waals surface area contributed by atoms with E-state index in [1.807, 2.05) is 0 Å². The molecule has 2 fully saturated rings. The molecule has 0 aromatic carbocycles. The lowest BCUT2D eigenvalue weighted by atomic mass is 9.93. The van der Waals surface area contributed by atoms with Crippen LogP contribution < -0.4 is 5.32 Å². The van der Waals surface area contributed by atoms with E-state index in [1.54, 1.807) is 0 Å². The zero-order chi connectivity index (χ0) is 8.39. The highest BCUT2D eigenvalue weighted by atomic mass is 16.5. The Morgan fingerprint density at radius 2 is 1.92 bits per heavy atom. The summed E-state index contributed by atoms with van der Waals surface area (Å²) in [7, 11) is 2.06. The van der Waals surface area contributed by atoms with Gasteiger partial charge in [0.25, 0.3) is 0 Å². The second kappa shape index (κ2) is 3.75. The standard InChI is InChI=1S/C10H19NO/c1-11-8-3-2-4-10(7-8)12-9-5-6-9/h8-11H,2-7H2,1H3/t8-,10-/m0/s1. The van der Waals surface area contributed by atoms with E-state index in [1.165, 1.54) is 38.5 Å². The lowest BCUT2D eigenvalue weighted by molar-refractivity contribution is 0.00897. The summed E-state index contributed by atoms with van der Waals surface area (Å²) in [5.41, 5.74) is 0. The van der Waals surface area contributed by atoms with Crippen LogP contribution in [0.25, 0.3) is 0 Å². The van der Waals surface area contributed by atoms with Gasteiger partial charge in [-0.25, -0.2) is 0 Å². The highest BCUT2D eigenvalue weighted by Crippen LogP contribution is 2.30. The first-order valence-corrected chi connectivity index (χ1v) is 5.21. The molecule has 0 heterocycles. The Hall–Kier alpha value is -0.0800. The minimum atomic E-state index is 0.559. The van der Waals surface area contributed by atoms with Crippen LogP contribution >= 0.6 is 0 Å². The zero-order valence-corrected chi connectivity index (χ0v) is 7.88. The third-order valence-corrected chi connectivity index (χ3v) is 2.94. The fourth-order valence-corrected chi connectivity index (χ4v) is 2.01. The van der Waals surface area contributed by atoms with Gasteiger partial charge in [0.2, 0.25) is 0 Å². The Morgan fingerprint density at radius 3 is 2.58 bits per heavy atom. The molecule has 2 nitrogen and oxygen atoms in total. The van der Waals surface area contributed by atoms with E-state index in [2.05, 4.69) is 12.4 Å². The monoisotopic (exact) mass is 169 g/mol. The molecule has 0 unspecified atom stereocenters. The number of hydrogen-bond acceptors (Lipinski definition) is 2. The third-order valence-electron chi connectivity index (χ3n) is 2.94. The normalized spacial score (nSPS) is 36.8. The molecule has 2 rings (SSSR count). The molecular formula is C10H19NO. The van der Waals surface area contributed by atoms with Gasteiger partial charge in [-0.1, -0.05) is 0 Å². The first kappa shape index (κ1) is 8.52. The summed E-state index contributed by atoms with van der Waals surface area (Å²) in [6.45, 7) is 0. The lowest BCUT2D eigenvalue weighted by Gasteiger charge is -2.28. The molecule has 2 aliphatic carbocycles. The van der Waals surface area contributed by atoms with Crippen LogP contribution in [0.3, 0.4) is 0 Å². The summed E-state index contributed by atoms with van der Waals surface area (Å²) >= 11 is 0. The van der Waals surface area contributed by atoms with E-state index in [9.17, 15) is 0 Å². The molecule has 0 amide bonds. The summed E-state index contributed by atoms with van der Waals surface area (Å²) in [6.07, 6.45) is 8.99. The Balaban J connectivity index is 1.73. The Kier molecular flexibility index (Phi) is 2.66. The highest BCUT2D eigenvalue weighted by Gasteiger charge is 2.29. The van der Waals surface area contributed by atoms with Crippen LogP contribution in [0.2, 0.25) is 0 Å². The summed E-state index contributed by atoms with van der Waals surface area (Å²) in [4.78, 5) is 0. The smallest absolute Gasteiger partial charge is 0.0593 e. The average molecular weight is 169 g/mol. The number of hydrogen-bond donors (Lipinski definition) is 1. The molecule has 70 valence electrons. The van der Waals surface area contributed by atoms with Crippen LogP contribution in [0.4, 0.5) is 0 Å². The van der Waals surface area contributed by atoms with Crippen molar-refractivity contribution in [1.29, 1.82) is 0 Å². The summed E-state index contributed by atoms with van der Waals surface area (Å²) in [6, 6.07) is 0.711. The topological polar surface area (TPSA) is 21.3 Å². The van der Waals surface area contributed by atoms with E-state index >= 15 is 0 Å². The predicted molar refractivity (Wildman–Crippen MR) is 49.2 cm³/mol. The molecule has 1 N–H and O–H groups in total. The first-order valence-electron chi connectivity index (χ1n) is 5.21. The van der Waals surface area contributed by atoms with Crippen molar-refractivity contribution in [1.82, 2.24) is 5.32 Å². The van der Waals surface area contributed by atoms with Crippen LogP contribution in [0.1, 0.15) is 38.5 Å². The molecule has 0 spiro atoms. The molecule has 2 heteroatoms. The van der Waals surface area contributed by atoms with Crippen LogP contribution in [-0.2, 0) is 4.74 Å². The minimum absolute atomic E-state index is 0.559. The van der Waals surface area contributed by atoms with Gasteiger partial charge in [-0.2, -0.15) is 0 Å². The van der Waals surface area contributed by atoms with Crippen molar-refractivity contribution < 1.29 is 4.74 Å². The van der Waals surface area contributed by atoms with E-state index in [0.717, 1.165) is 0 Å². The fraction of sp³-hybridized carbons (Fsp3) is 1.00. The van der Waals surface area contributed by atoms with Crippen molar-refractivity contribution in [2.75, 3.05) is 7.05 Å². The second-order valence-electron chi connectivity index (χ2n) is 4.11. The Bertz CT molecular complexity index is 145. The van der Waals surface area contributed by atoms with Gasteiger partial charge in [-0.05, 0) is 45.6 Å². The molecule has 2 atom stereocenters. The molecule has 0 bridgehead atoms. The predicted octanol–water partition coefficient (Wildman–Crippen LogP) is 1.70. The Labute approximate surface area is 74.7 Å². The van der Waals surface area contributed by atoms with Gasteiger partial charge in [-0.15, -0.1) is 0 Å². The summed E-state index contributed by atoms with van der Waals surface area (Å²) < 4.78 is 5.89. The van der Waals surface area contributed by atoms with E-state index in [4.69, 9.17) is 4.74 Å². The first-order chi connectivity index (χ1) is 5.88. The molecule has 0 aromatic heterocycles. The van der Waals surface area contributed by atoms with Gasteiger partial charge in [0.1, 0.15) is 0 Å². The van der Waals surface area contributed by atoms with Crippen LogP contribution in [-0.4, -0.2) is 25.3 Å². The molecule has 0 aromatic rings. The van der Waals surface area contributed by atoms with Crippen molar-refractivity contribution in [2.45, 2.75) is 56.8 Å². The van der Waals surface area contributed by atoms with Crippen LogP contribution in [0.15, 0.2) is 0 Å².